The Morgan fingerprint density at radius 1 is 1.05 bits per heavy atom. The van der Waals surface area contributed by atoms with Crippen LogP contribution in [0.15, 0.2) is 23.3 Å². The van der Waals surface area contributed by atoms with Crippen molar-refractivity contribution >= 4 is 0 Å². The van der Waals surface area contributed by atoms with Crippen molar-refractivity contribution in [2.75, 3.05) is 0 Å². The first-order valence-electron chi connectivity index (χ1n) is 10.1. The van der Waals surface area contributed by atoms with Gasteiger partial charge in [-0.3, -0.25) is 0 Å². The standard InChI is InChI=1S/C22H38/c1-5-11-19-15-17(4)21-13-9-8-10-14-22(21)18(7-3)16-20(19)12-6-2/h14-15,18-21H,5-13,16H2,1-4H3. The van der Waals surface area contributed by atoms with Crippen molar-refractivity contribution in [3.8, 4) is 0 Å². The quantitative estimate of drug-likeness (QED) is 0.467. The first kappa shape index (κ1) is 17.8. The molecule has 2 rings (SSSR count). The molecule has 4 unspecified atom stereocenters. The normalized spacial score (nSPS) is 33.1. The van der Waals surface area contributed by atoms with Gasteiger partial charge in [0.05, 0.1) is 0 Å². The van der Waals surface area contributed by atoms with Crippen molar-refractivity contribution in [1.29, 1.82) is 0 Å². The van der Waals surface area contributed by atoms with E-state index in [2.05, 4.69) is 39.8 Å². The van der Waals surface area contributed by atoms with Crippen LogP contribution in [-0.2, 0) is 0 Å². The van der Waals surface area contributed by atoms with Crippen molar-refractivity contribution in [3.63, 3.8) is 0 Å². The van der Waals surface area contributed by atoms with Gasteiger partial charge in [0, 0.05) is 5.92 Å². The van der Waals surface area contributed by atoms with Crippen molar-refractivity contribution in [2.24, 2.45) is 23.7 Å². The third-order valence-electron chi connectivity index (χ3n) is 6.19. The second-order valence-corrected chi connectivity index (χ2v) is 7.79. The van der Waals surface area contributed by atoms with Crippen LogP contribution in [0.5, 0.6) is 0 Å². The van der Waals surface area contributed by atoms with Crippen LogP contribution in [0.1, 0.15) is 91.9 Å². The first-order chi connectivity index (χ1) is 10.7. The van der Waals surface area contributed by atoms with E-state index in [0.717, 1.165) is 23.7 Å². The van der Waals surface area contributed by atoms with Gasteiger partial charge in [0.2, 0.25) is 0 Å². The fraction of sp³-hybridized carbons (Fsp3) is 0.818. The van der Waals surface area contributed by atoms with Gasteiger partial charge in [0.15, 0.2) is 0 Å². The van der Waals surface area contributed by atoms with E-state index < -0.39 is 0 Å². The van der Waals surface area contributed by atoms with Crippen LogP contribution in [0.2, 0.25) is 0 Å². The lowest BCUT2D eigenvalue weighted by Gasteiger charge is -2.36. The first-order valence-corrected chi connectivity index (χ1v) is 10.1. The Morgan fingerprint density at radius 2 is 1.82 bits per heavy atom. The molecule has 0 fully saturated rings. The molecule has 0 bridgehead atoms. The summed E-state index contributed by atoms with van der Waals surface area (Å²) < 4.78 is 0. The van der Waals surface area contributed by atoms with Crippen LogP contribution in [0.4, 0.5) is 0 Å². The van der Waals surface area contributed by atoms with E-state index >= 15 is 0 Å². The molecule has 0 amide bonds. The summed E-state index contributed by atoms with van der Waals surface area (Å²) in [5, 5.41) is 0. The third-order valence-corrected chi connectivity index (χ3v) is 6.19. The topological polar surface area (TPSA) is 0 Å². The largest absolute Gasteiger partial charge is 0.0844 e. The van der Waals surface area contributed by atoms with Gasteiger partial charge in [-0.25, -0.2) is 0 Å². The van der Waals surface area contributed by atoms with Gasteiger partial charge in [-0.05, 0) is 63.2 Å². The SMILES string of the molecule is CCCC1C=C(C)C2CCCCC=C2C(CC)CC1CCC. The summed E-state index contributed by atoms with van der Waals surface area (Å²) in [6, 6.07) is 0. The monoisotopic (exact) mass is 302 g/mol. The zero-order chi connectivity index (χ0) is 15.9. The number of rotatable bonds is 5. The molecule has 0 aromatic rings. The van der Waals surface area contributed by atoms with Gasteiger partial charge < -0.3 is 0 Å². The second kappa shape index (κ2) is 8.94. The molecule has 0 N–H and O–H groups in total. The minimum atomic E-state index is 0.773. The summed E-state index contributed by atoms with van der Waals surface area (Å²) in [6.45, 7) is 9.59. The molecule has 2 aliphatic carbocycles. The average Bonchev–Trinajstić information content (AvgIpc) is 2.75. The maximum absolute atomic E-state index is 2.71. The lowest BCUT2D eigenvalue weighted by atomic mass is 9.69. The zero-order valence-electron chi connectivity index (χ0n) is 15.5. The van der Waals surface area contributed by atoms with Gasteiger partial charge in [-0.1, -0.05) is 69.8 Å². The Balaban J connectivity index is 2.36. The highest BCUT2D eigenvalue weighted by molar-refractivity contribution is 5.25. The van der Waals surface area contributed by atoms with E-state index in [-0.39, 0.29) is 0 Å². The smallest absolute Gasteiger partial charge is 0.000702 e. The molecule has 0 spiro atoms. The lowest BCUT2D eigenvalue weighted by molar-refractivity contribution is 0.269. The summed E-state index contributed by atoms with van der Waals surface area (Å²) in [6.07, 6.45) is 19.2. The molecular weight excluding hydrogens is 264 g/mol. The van der Waals surface area contributed by atoms with Crippen LogP contribution in [0.25, 0.3) is 0 Å². The number of allylic oxidation sites excluding steroid dienone is 4. The maximum Gasteiger partial charge on any atom is 0.000702 e. The minimum Gasteiger partial charge on any atom is -0.0844 e. The number of hydrogen-bond acceptors (Lipinski definition) is 0. The summed E-state index contributed by atoms with van der Waals surface area (Å²) in [4.78, 5) is 0. The average molecular weight is 303 g/mol. The Labute approximate surface area is 139 Å². The van der Waals surface area contributed by atoms with Gasteiger partial charge in [-0.15, -0.1) is 0 Å². The Morgan fingerprint density at radius 3 is 2.50 bits per heavy atom. The highest BCUT2D eigenvalue weighted by Crippen LogP contribution is 2.44. The molecule has 0 nitrogen and oxygen atoms in total. The molecule has 0 aromatic heterocycles. The highest BCUT2D eigenvalue weighted by Gasteiger charge is 2.31. The highest BCUT2D eigenvalue weighted by atomic mass is 14.4. The van der Waals surface area contributed by atoms with Crippen molar-refractivity contribution in [3.05, 3.63) is 23.3 Å². The predicted octanol–water partition coefficient (Wildman–Crippen LogP) is 7.31. The molecule has 0 heterocycles. The van der Waals surface area contributed by atoms with E-state index in [1.807, 2.05) is 5.57 Å². The molecule has 0 aliphatic heterocycles. The van der Waals surface area contributed by atoms with Crippen LogP contribution in [0.3, 0.4) is 0 Å². The molecule has 126 valence electrons. The van der Waals surface area contributed by atoms with Gasteiger partial charge >= 0.3 is 0 Å². The maximum atomic E-state index is 2.71. The second-order valence-electron chi connectivity index (χ2n) is 7.79. The third kappa shape index (κ3) is 4.27. The molecule has 0 radical (unpaired) electrons. The molecule has 0 saturated heterocycles. The van der Waals surface area contributed by atoms with E-state index in [9.17, 15) is 0 Å². The van der Waals surface area contributed by atoms with E-state index in [4.69, 9.17) is 0 Å². The Hall–Kier alpha value is -0.520. The molecule has 0 heteroatoms. The molecular formula is C22H38. The molecule has 0 aromatic carbocycles. The Bertz CT molecular complexity index is 387. The fourth-order valence-corrected chi connectivity index (χ4v) is 5.04. The number of hydrogen-bond donors (Lipinski definition) is 0. The molecule has 0 saturated carbocycles. The minimum absolute atomic E-state index is 0.773. The van der Waals surface area contributed by atoms with Crippen molar-refractivity contribution in [1.82, 2.24) is 0 Å². The summed E-state index contributed by atoms with van der Waals surface area (Å²) >= 11 is 0. The predicted molar refractivity (Wildman–Crippen MR) is 99.0 cm³/mol. The summed E-state index contributed by atoms with van der Waals surface area (Å²) in [7, 11) is 0. The van der Waals surface area contributed by atoms with Gasteiger partial charge in [0.1, 0.15) is 0 Å². The van der Waals surface area contributed by atoms with Crippen molar-refractivity contribution < 1.29 is 0 Å². The molecule has 22 heavy (non-hydrogen) atoms. The summed E-state index contributed by atoms with van der Waals surface area (Å²) in [5.41, 5.74) is 3.52. The van der Waals surface area contributed by atoms with Gasteiger partial charge in [0.25, 0.3) is 0 Å². The van der Waals surface area contributed by atoms with Crippen LogP contribution >= 0.6 is 0 Å². The molecule has 2 aliphatic rings. The van der Waals surface area contributed by atoms with Crippen LogP contribution < -0.4 is 0 Å². The number of fused-ring (bicyclic) bond motifs is 1. The van der Waals surface area contributed by atoms with E-state index in [0.29, 0.717) is 0 Å². The van der Waals surface area contributed by atoms with Crippen LogP contribution in [0, 0.1) is 23.7 Å². The van der Waals surface area contributed by atoms with Gasteiger partial charge in [-0.2, -0.15) is 0 Å². The Kier molecular flexibility index (Phi) is 7.25. The van der Waals surface area contributed by atoms with Crippen molar-refractivity contribution in [2.45, 2.75) is 91.9 Å². The lowest BCUT2D eigenvalue weighted by Crippen LogP contribution is -2.25. The van der Waals surface area contributed by atoms with Crippen LogP contribution in [-0.4, -0.2) is 0 Å². The summed E-state index contributed by atoms with van der Waals surface area (Å²) in [5.74, 6) is 3.37. The van der Waals surface area contributed by atoms with E-state index in [1.165, 1.54) is 64.2 Å². The molecule has 4 atom stereocenters. The zero-order valence-corrected chi connectivity index (χ0v) is 15.5. The van der Waals surface area contributed by atoms with E-state index in [1.54, 1.807) is 5.57 Å². The fourth-order valence-electron chi connectivity index (χ4n) is 5.04.